The van der Waals surface area contributed by atoms with Crippen LogP contribution in [-0.2, 0) is 11.2 Å². The van der Waals surface area contributed by atoms with E-state index in [0.29, 0.717) is 6.61 Å². The van der Waals surface area contributed by atoms with Gasteiger partial charge in [0.05, 0.1) is 6.61 Å². The molecule has 0 fully saturated rings. The zero-order valence-electron chi connectivity index (χ0n) is 11.9. The average Bonchev–Trinajstić information content (AvgIpc) is 2.47. The highest BCUT2D eigenvalue weighted by molar-refractivity contribution is 5.98. The number of rotatable bonds is 6. The van der Waals surface area contributed by atoms with E-state index in [0.717, 1.165) is 28.8 Å². The largest absolute Gasteiger partial charge is 0.373 e. The predicted molar refractivity (Wildman–Crippen MR) is 79.0 cm³/mol. The summed E-state index contributed by atoms with van der Waals surface area (Å²) in [6.07, 6.45) is 2.48. The molecule has 1 heterocycles. The maximum absolute atomic E-state index is 12.1. The van der Waals surface area contributed by atoms with Crippen LogP contribution in [0.3, 0.4) is 0 Å². The minimum Gasteiger partial charge on any atom is -0.373 e. The van der Waals surface area contributed by atoms with Crippen LogP contribution in [0.25, 0.3) is 0 Å². The first-order valence-electron chi connectivity index (χ1n) is 6.75. The molecule has 0 aliphatic carbocycles. The highest BCUT2D eigenvalue weighted by Crippen LogP contribution is 2.11. The fraction of sp³-hybridized carbons (Fsp3) is 0.294. The fourth-order valence-electron chi connectivity index (χ4n) is 2.00. The van der Waals surface area contributed by atoms with Crippen molar-refractivity contribution in [2.75, 3.05) is 13.2 Å². The second kappa shape index (κ2) is 6.96. The van der Waals surface area contributed by atoms with Crippen LogP contribution in [0.5, 0.6) is 0 Å². The van der Waals surface area contributed by atoms with Crippen molar-refractivity contribution in [2.45, 2.75) is 20.3 Å². The Kier molecular flexibility index (Phi) is 5.02. The molecule has 0 aliphatic rings. The summed E-state index contributed by atoms with van der Waals surface area (Å²) in [6.45, 7) is 4.56. The Labute approximate surface area is 119 Å². The van der Waals surface area contributed by atoms with Gasteiger partial charge in [-0.25, -0.2) is 0 Å². The maximum Gasteiger partial charge on any atom is 0.188 e. The smallest absolute Gasteiger partial charge is 0.188 e. The summed E-state index contributed by atoms with van der Waals surface area (Å²) in [5, 5.41) is 0. The number of hydrogen-bond acceptors (Lipinski definition) is 3. The van der Waals surface area contributed by atoms with E-state index in [2.05, 4.69) is 4.98 Å². The minimum absolute atomic E-state index is 0.0345. The number of nitrogens with zero attached hydrogens (tertiary/aromatic N) is 1. The Balaban J connectivity index is 1.82. The minimum atomic E-state index is 0.0345. The van der Waals surface area contributed by atoms with E-state index in [-0.39, 0.29) is 12.4 Å². The first kappa shape index (κ1) is 14.4. The lowest BCUT2D eigenvalue weighted by Crippen LogP contribution is -2.12. The van der Waals surface area contributed by atoms with E-state index in [1.807, 2.05) is 50.2 Å². The van der Waals surface area contributed by atoms with Crippen LogP contribution in [-0.4, -0.2) is 24.0 Å². The lowest BCUT2D eigenvalue weighted by atomic mass is 10.0. The second-order valence-corrected chi connectivity index (χ2v) is 4.87. The van der Waals surface area contributed by atoms with E-state index in [1.165, 1.54) is 0 Å². The molecule has 0 bridgehead atoms. The molecule has 3 nitrogen and oxygen atoms in total. The molecule has 0 saturated carbocycles. The van der Waals surface area contributed by atoms with Gasteiger partial charge in [0.2, 0.25) is 0 Å². The predicted octanol–water partition coefficient (Wildman–Crippen LogP) is 3.14. The van der Waals surface area contributed by atoms with Gasteiger partial charge < -0.3 is 4.74 Å². The SMILES string of the molecule is Cc1ccc(C)c(C(=O)COCCc2ccccn2)c1. The van der Waals surface area contributed by atoms with Crippen LogP contribution < -0.4 is 0 Å². The first-order valence-corrected chi connectivity index (χ1v) is 6.75. The molecule has 0 spiro atoms. The number of ketones is 1. The molecule has 0 radical (unpaired) electrons. The van der Waals surface area contributed by atoms with Crippen molar-refractivity contribution in [1.29, 1.82) is 0 Å². The molecular weight excluding hydrogens is 250 g/mol. The van der Waals surface area contributed by atoms with Crippen molar-refractivity contribution in [3.05, 3.63) is 65.0 Å². The number of carbonyl (C=O) groups excluding carboxylic acids is 1. The lowest BCUT2D eigenvalue weighted by Gasteiger charge is -2.07. The molecule has 2 aromatic rings. The summed E-state index contributed by atoms with van der Waals surface area (Å²) in [5.41, 5.74) is 3.82. The molecule has 1 aromatic heterocycles. The summed E-state index contributed by atoms with van der Waals surface area (Å²) >= 11 is 0. The van der Waals surface area contributed by atoms with Crippen LogP contribution in [0.4, 0.5) is 0 Å². The van der Waals surface area contributed by atoms with Crippen molar-refractivity contribution in [1.82, 2.24) is 4.98 Å². The number of benzene rings is 1. The fourth-order valence-corrected chi connectivity index (χ4v) is 2.00. The standard InChI is InChI=1S/C17H19NO2/c1-13-6-7-14(2)16(11-13)17(19)12-20-10-8-15-5-3-4-9-18-15/h3-7,9,11H,8,10,12H2,1-2H3. The molecular formula is C17H19NO2. The molecule has 104 valence electrons. The molecule has 3 heteroatoms. The highest BCUT2D eigenvalue weighted by Gasteiger charge is 2.09. The molecule has 0 unspecified atom stereocenters. The van der Waals surface area contributed by atoms with E-state index >= 15 is 0 Å². The second-order valence-electron chi connectivity index (χ2n) is 4.87. The van der Waals surface area contributed by atoms with Gasteiger partial charge in [-0.2, -0.15) is 0 Å². The lowest BCUT2D eigenvalue weighted by molar-refractivity contribution is 0.0763. The first-order chi connectivity index (χ1) is 9.66. The quantitative estimate of drug-likeness (QED) is 0.597. The van der Waals surface area contributed by atoms with Crippen molar-refractivity contribution < 1.29 is 9.53 Å². The Morgan fingerprint density at radius 3 is 2.80 bits per heavy atom. The zero-order chi connectivity index (χ0) is 14.4. The van der Waals surface area contributed by atoms with Crippen LogP contribution in [0.2, 0.25) is 0 Å². The van der Waals surface area contributed by atoms with Gasteiger partial charge in [-0.1, -0.05) is 23.8 Å². The average molecular weight is 269 g/mol. The van der Waals surface area contributed by atoms with Gasteiger partial charge in [-0.05, 0) is 37.6 Å². The highest BCUT2D eigenvalue weighted by atomic mass is 16.5. The monoisotopic (exact) mass is 269 g/mol. The van der Waals surface area contributed by atoms with Crippen molar-refractivity contribution >= 4 is 5.78 Å². The number of aromatic nitrogens is 1. The van der Waals surface area contributed by atoms with E-state index in [4.69, 9.17) is 4.74 Å². The summed E-state index contributed by atoms with van der Waals surface area (Å²) < 4.78 is 5.46. The molecule has 0 saturated heterocycles. The normalized spacial score (nSPS) is 10.5. The van der Waals surface area contributed by atoms with Gasteiger partial charge in [0.15, 0.2) is 5.78 Å². The molecule has 1 aromatic carbocycles. The summed E-state index contributed by atoms with van der Waals surface area (Å²) in [6, 6.07) is 11.7. The van der Waals surface area contributed by atoms with Crippen molar-refractivity contribution in [3.63, 3.8) is 0 Å². The van der Waals surface area contributed by atoms with Crippen LogP contribution in [0.1, 0.15) is 27.2 Å². The number of Topliss-reactive ketones (excluding diaryl/α,β-unsaturated/α-hetero) is 1. The third-order valence-corrected chi connectivity index (χ3v) is 3.16. The van der Waals surface area contributed by atoms with E-state index in [1.54, 1.807) is 6.20 Å². The number of aryl methyl sites for hydroxylation is 2. The Bertz CT molecular complexity index is 579. The van der Waals surface area contributed by atoms with E-state index in [9.17, 15) is 4.79 Å². The van der Waals surface area contributed by atoms with Crippen LogP contribution in [0.15, 0.2) is 42.6 Å². The van der Waals surface area contributed by atoms with Gasteiger partial charge in [0.25, 0.3) is 0 Å². The third-order valence-electron chi connectivity index (χ3n) is 3.16. The Morgan fingerprint density at radius 1 is 1.20 bits per heavy atom. The maximum atomic E-state index is 12.1. The van der Waals surface area contributed by atoms with Gasteiger partial charge >= 0.3 is 0 Å². The molecule has 2 rings (SSSR count). The van der Waals surface area contributed by atoms with Crippen molar-refractivity contribution in [2.24, 2.45) is 0 Å². The topological polar surface area (TPSA) is 39.2 Å². The third kappa shape index (κ3) is 4.00. The van der Waals surface area contributed by atoms with Crippen LogP contribution in [0, 0.1) is 13.8 Å². The van der Waals surface area contributed by atoms with Crippen LogP contribution >= 0.6 is 0 Å². The van der Waals surface area contributed by atoms with Gasteiger partial charge in [0, 0.05) is 23.9 Å². The van der Waals surface area contributed by atoms with Gasteiger partial charge in [-0.3, -0.25) is 9.78 Å². The Hall–Kier alpha value is -2.00. The molecule has 0 amide bonds. The Morgan fingerprint density at radius 2 is 2.05 bits per heavy atom. The summed E-state index contributed by atoms with van der Waals surface area (Å²) in [5.74, 6) is 0.0345. The number of ether oxygens (including phenoxy) is 1. The summed E-state index contributed by atoms with van der Waals surface area (Å²) in [7, 11) is 0. The molecule has 0 aliphatic heterocycles. The van der Waals surface area contributed by atoms with Gasteiger partial charge in [0.1, 0.15) is 6.61 Å². The van der Waals surface area contributed by atoms with E-state index < -0.39 is 0 Å². The number of pyridine rings is 1. The molecule has 0 N–H and O–H groups in total. The number of hydrogen-bond donors (Lipinski definition) is 0. The van der Waals surface area contributed by atoms with Gasteiger partial charge in [-0.15, -0.1) is 0 Å². The molecule has 20 heavy (non-hydrogen) atoms. The molecule has 0 atom stereocenters. The summed E-state index contributed by atoms with van der Waals surface area (Å²) in [4.78, 5) is 16.3. The zero-order valence-corrected chi connectivity index (χ0v) is 11.9. The van der Waals surface area contributed by atoms with Crippen molar-refractivity contribution in [3.8, 4) is 0 Å². The number of carbonyl (C=O) groups is 1.